The van der Waals surface area contributed by atoms with Crippen LogP contribution in [0.25, 0.3) is 0 Å². The van der Waals surface area contributed by atoms with E-state index in [1.54, 1.807) is 30.3 Å². The van der Waals surface area contributed by atoms with E-state index in [0.29, 0.717) is 17.0 Å². The van der Waals surface area contributed by atoms with Gasteiger partial charge in [0.2, 0.25) is 11.8 Å². The molecule has 5 nitrogen and oxygen atoms in total. The number of amides is 2. The number of anilines is 1. The molecule has 3 rings (SSSR count). The van der Waals surface area contributed by atoms with E-state index < -0.39 is 11.7 Å². The fraction of sp³-hybridized carbons (Fsp3) is 0.222. The van der Waals surface area contributed by atoms with Gasteiger partial charge >= 0.3 is 0 Å². The van der Waals surface area contributed by atoms with E-state index in [9.17, 15) is 14.0 Å². The van der Waals surface area contributed by atoms with Gasteiger partial charge in [0, 0.05) is 24.2 Å². The highest BCUT2D eigenvalue weighted by Gasteiger charge is 2.31. The van der Waals surface area contributed by atoms with Crippen LogP contribution in [-0.2, 0) is 16.1 Å². The summed E-state index contributed by atoms with van der Waals surface area (Å²) in [5.41, 5.74) is 1.53. The van der Waals surface area contributed by atoms with Crippen LogP contribution in [0, 0.1) is 5.82 Å². The molecule has 7 heteroatoms. The van der Waals surface area contributed by atoms with Gasteiger partial charge in [0.25, 0.3) is 0 Å². The first-order valence-corrected chi connectivity index (χ1v) is 8.05. The van der Waals surface area contributed by atoms with Crippen molar-refractivity contribution in [1.29, 1.82) is 0 Å². The van der Waals surface area contributed by atoms with Crippen LogP contribution in [0.2, 0.25) is 5.02 Å². The normalized spacial score (nSPS) is 16.0. The summed E-state index contributed by atoms with van der Waals surface area (Å²) in [6.07, 6.45) is 0.0179. The van der Waals surface area contributed by atoms with Crippen molar-refractivity contribution in [2.24, 2.45) is 0 Å². The number of methoxy groups -OCH3 is 1. The number of ether oxygens (including phenoxy) is 1. The molecule has 130 valence electrons. The predicted octanol–water partition coefficient (Wildman–Crippen LogP) is 3.23. The van der Waals surface area contributed by atoms with Crippen LogP contribution < -0.4 is 15.4 Å². The molecule has 0 aliphatic carbocycles. The minimum atomic E-state index is -0.666. The Morgan fingerprint density at radius 3 is 2.96 bits per heavy atom. The molecule has 2 aromatic carbocycles. The number of carbonyl (C=O) groups is 2. The largest absolute Gasteiger partial charge is 0.497 e. The topological polar surface area (TPSA) is 67.4 Å². The summed E-state index contributed by atoms with van der Waals surface area (Å²) in [5, 5.41) is 5.41. The lowest BCUT2D eigenvalue weighted by Crippen LogP contribution is -2.34. The zero-order valence-corrected chi connectivity index (χ0v) is 14.2. The number of nitrogens with one attached hydrogen (secondary N) is 2. The Hall–Kier alpha value is -2.60. The van der Waals surface area contributed by atoms with E-state index in [2.05, 4.69) is 10.6 Å². The number of benzene rings is 2. The molecule has 0 unspecified atom stereocenters. The van der Waals surface area contributed by atoms with E-state index in [-0.39, 0.29) is 35.4 Å². The average Bonchev–Trinajstić information content (AvgIpc) is 2.61. The van der Waals surface area contributed by atoms with Crippen molar-refractivity contribution in [3.8, 4) is 5.75 Å². The Morgan fingerprint density at radius 2 is 2.20 bits per heavy atom. The van der Waals surface area contributed by atoms with Gasteiger partial charge < -0.3 is 15.4 Å². The molecule has 1 heterocycles. The molecule has 0 radical (unpaired) electrons. The summed E-state index contributed by atoms with van der Waals surface area (Å²) in [6.45, 7) is -0.0113. The maximum absolute atomic E-state index is 13.9. The van der Waals surface area contributed by atoms with E-state index in [4.69, 9.17) is 16.3 Å². The Morgan fingerprint density at radius 1 is 1.40 bits per heavy atom. The number of carbonyl (C=O) groups excluding carboxylic acids is 2. The summed E-state index contributed by atoms with van der Waals surface area (Å²) in [4.78, 5) is 24.5. The second-order valence-corrected chi connectivity index (χ2v) is 6.10. The number of hydrogen-bond acceptors (Lipinski definition) is 3. The maximum atomic E-state index is 13.9. The fourth-order valence-electron chi connectivity index (χ4n) is 2.79. The Kier molecular flexibility index (Phi) is 4.90. The van der Waals surface area contributed by atoms with Crippen molar-refractivity contribution < 1.29 is 18.7 Å². The van der Waals surface area contributed by atoms with Crippen molar-refractivity contribution in [3.05, 3.63) is 58.4 Å². The van der Waals surface area contributed by atoms with Gasteiger partial charge in [-0.3, -0.25) is 9.59 Å². The van der Waals surface area contributed by atoms with Crippen LogP contribution in [0.3, 0.4) is 0 Å². The zero-order chi connectivity index (χ0) is 18.0. The molecule has 2 aromatic rings. The van der Waals surface area contributed by atoms with E-state index in [1.165, 1.54) is 13.2 Å². The highest BCUT2D eigenvalue weighted by Crippen LogP contribution is 2.35. The molecule has 0 bridgehead atoms. The minimum Gasteiger partial charge on any atom is -0.497 e. The van der Waals surface area contributed by atoms with Crippen LogP contribution in [0.4, 0.5) is 10.1 Å². The molecular weight excluding hydrogens is 347 g/mol. The van der Waals surface area contributed by atoms with Crippen molar-refractivity contribution in [2.75, 3.05) is 12.4 Å². The molecule has 0 saturated heterocycles. The lowest BCUT2D eigenvalue weighted by atomic mass is 9.89. The molecule has 0 spiro atoms. The monoisotopic (exact) mass is 362 g/mol. The van der Waals surface area contributed by atoms with Crippen LogP contribution in [-0.4, -0.2) is 18.9 Å². The molecule has 1 atom stereocenters. The van der Waals surface area contributed by atoms with Crippen LogP contribution in [0.1, 0.15) is 23.5 Å². The lowest BCUT2D eigenvalue weighted by Gasteiger charge is -2.25. The van der Waals surface area contributed by atoms with Crippen molar-refractivity contribution >= 4 is 29.1 Å². The third-order valence-electron chi connectivity index (χ3n) is 4.10. The Labute approximate surface area is 149 Å². The highest BCUT2D eigenvalue weighted by atomic mass is 35.5. The zero-order valence-electron chi connectivity index (χ0n) is 13.4. The molecule has 1 aliphatic rings. The second-order valence-electron chi connectivity index (χ2n) is 5.69. The van der Waals surface area contributed by atoms with Crippen molar-refractivity contribution in [3.63, 3.8) is 0 Å². The van der Waals surface area contributed by atoms with E-state index in [0.717, 1.165) is 0 Å². The first-order valence-electron chi connectivity index (χ1n) is 7.68. The molecule has 2 N–H and O–H groups in total. The lowest BCUT2D eigenvalue weighted by molar-refractivity contribution is -0.126. The van der Waals surface area contributed by atoms with Gasteiger partial charge in [0.15, 0.2) is 0 Å². The van der Waals surface area contributed by atoms with Gasteiger partial charge in [0.1, 0.15) is 11.6 Å². The first-order chi connectivity index (χ1) is 12.0. The molecule has 0 fully saturated rings. The van der Waals surface area contributed by atoms with Crippen LogP contribution >= 0.6 is 11.6 Å². The van der Waals surface area contributed by atoms with Crippen molar-refractivity contribution in [1.82, 2.24) is 5.32 Å². The molecule has 1 aliphatic heterocycles. The van der Waals surface area contributed by atoms with Gasteiger partial charge in [-0.2, -0.15) is 0 Å². The standard InChI is InChI=1S/C18H16ClFN2O3/c1-25-11-5-6-15-12(7-11)13(8-16(23)22-15)18(24)21-9-10-3-2-4-14(19)17(10)20/h2-7,13H,8-9H2,1H3,(H,21,24)(H,22,23)/t13-/m1/s1. The molecule has 0 aromatic heterocycles. The third kappa shape index (κ3) is 3.58. The molecule has 2 amide bonds. The predicted molar refractivity (Wildman–Crippen MR) is 92.2 cm³/mol. The smallest absolute Gasteiger partial charge is 0.228 e. The summed E-state index contributed by atoms with van der Waals surface area (Å²) in [5.74, 6) is -1.24. The summed E-state index contributed by atoms with van der Waals surface area (Å²) < 4.78 is 19.1. The molecule has 0 saturated carbocycles. The minimum absolute atomic E-state index is 0.00104. The highest BCUT2D eigenvalue weighted by molar-refractivity contribution is 6.30. The van der Waals surface area contributed by atoms with Gasteiger partial charge in [-0.25, -0.2) is 4.39 Å². The fourth-order valence-corrected chi connectivity index (χ4v) is 2.99. The molecular formula is C18H16ClFN2O3. The number of halogens is 2. The van der Waals surface area contributed by atoms with Crippen molar-refractivity contribution in [2.45, 2.75) is 18.9 Å². The van der Waals surface area contributed by atoms with E-state index >= 15 is 0 Å². The van der Waals surface area contributed by atoms with Gasteiger partial charge in [0.05, 0.1) is 18.1 Å². The summed E-state index contributed by atoms with van der Waals surface area (Å²) >= 11 is 5.74. The Bertz CT molecular complexity index is 841. The average molecular weight is 363 g/mol. The van der Waals surface area contributed by atoms with Crippen LogP contribution in [0.5, 0.6) is 5.75 Å². The van der Waals surface area contributed by atoms with Gasteiger partial charge in [-0.05, 0) is 29.8 Å². The maximum Gasteiger partial charge on any atom is 0.228 e. The third-order valence-corrected chi connectivity index (χ3v) is 4.39. The summed E-state index contributed by atoms with van der Waals surface area (Å²) in [6, 6.07) is 9.73. The van der Waals surface area contributed by atoms with Crippen LogP contribution in [0.15, 0.2) is 36.4 Å². The SMILES string of the molecule is COc1ccc2c(c1)[C@H](C(=O)NCc1cccc(Cl)c1F)CC(=O)N2. The van der Waals surface area contributed by atoms with E-state index in [1.807, 2.05) is 0 Å². The molecule has 25 heavy (non-hydrogen) atoms. The number of rotatable bonds is 4. The second kappa shape index (κ2) is 7.11. The first kappa shape index (κ1) is 17.2. The number of fused-ring (bicyclic) bond motifs is 1. The van der Waals surface area contributed by atoms with Gasteiger partial charge in [-0.15, -0.1) is 0 Å². The summed E-state index contributed by atoms with van der Waals surface area (Å²) in [7, 11) is 1.53. The Balaban J connectivity index is 1.80. The van der Waals surface area contributed by atoms with Gasteiger partial charge in [-0.1, -0.05) is 23.7 Å². The quantitative estimate of drug-likeness (QED) is 0.877. The number of hydrogen-bond donors (Lipinski definition) is 2.